The number of carbonyl (C=O) groups excluding carboxylic acids is 3. The molecule has 1 aromatic heterocycles. The molecule has 4 amide bonds. The van der Waals surface area contributed by atoms with Crippen LogP contribution in [0, 0.1) is 5.92 Å². The Balaban J connectivity index is 1.31. The number of allylic oxidation sites excluding steroid dienone is 3. The third-order valence-corrected chi connectivity index (χ3v) is 4.60. The molecular formula is C20H18N6O3. The number of fused-ring (bicyclic) bond motifs is 1. The van der Waals surface area contributed by atoms with E-state index in [9.17, 15) is 14.4 Å². The summed E-state index contributed by atoms with van der Waals surface area (Å²) < 4.78 is 1.70. The Morgan fingerprint density at radius 2 is 1.97 bits per heavy atom. The number of nitrogens with one attached hydrogen (secondary N) is 1. The summed E-state index contributed by atoms with van der Waals surface area (Å²) in [7, 11) is 0. The summed E-state index contributed by atoms with van der Waals surface area (Å²) in [5.74, 6) is -1.20. The van der Waals surface area contributed by atoms with E-state index in [0.29, 0.717) is 17.9 Å². The minimum atomic E-state index is -0.633. The van der Waals surface area contributed by atoms with Gasteiger partial charge in [0.2, 0.25) is 11.8 Å². The van der Waals surface area contributed by atoms with Gasteiger partial charge in [-0.3, -0.25) is 14.5 Å². The van der Waals surface area contributed by atoms with E-state index in [1.807, 2.05) is 12.1 Å². The molecule has 1 atom stereocenters. The maximum atomic E-state index is 12.5. The Morgan fingerprint density at radius 1 is 1.14 bits per heavy atom. The van der Waals surface area contributed by atoms with E-state index in [0.717, 1.165) is 10.5 Å². The van der Waals surface area contributed by atoms with Crippen molar-refractivity contribution in [2.75, 3.05) is 11.9 Å². The van der Waals surface area contributed by atoms with E-state index in [1.165, 1.54) is 6.33 Å². The van der Waals surface area contributed by atoms with Gasteiger partial charge in [-0.15, -0.1) is 0 Å². The number of aliphatic imine (C=N–C) groups is 1. The number of anilines is 1. The molecule has 2 heterocycles. The number of hydrogen-bond acceptors (Lipinski definition) is 5. The van der Waals surface area contributed by atoms with Crippen LogP contribution in [0.4, 0.5) is 10.5 Å². The number of benzene rings is 1. The molecule has 146 valence electrons. The Hall–Kier alpha value is -3.88. The highest BCUT2D eigenvalue weighted by Gasteiger charge is 2.35. The average molecular weight is 390 g/mol. The van der Waals surface area contributed by atoms with E-state index < -0.39 is 11.9 Å². The van der Waals surface area contributed by atoms with E-state index in [4.69, 9.17) is 0 Å². The number of aromatic nitrogens is 3. The summed E-state index contributed by atoms with van der Waals surface area (Å²) in [6, 6.07) is 6.71. The molecule has 0 radical (unpaired) electrons. The molecule has 1 aromatic carbocycles. The molecule has 4 rings (SSSR count). The van der Waals surface area contributed by atoms with Crippen LogP contribution in [0.5, 0.6) is 0 Å². The first-order valence-corrected chi connectivity index (χ1v) is 9.10. The van der Waals surface area contributed by atoms with Gasteiger partial charge in [-0.2, -0.15) is 10.1 Å². The molecular weight excluding hydrogens is 372 g/mol. The molecule has 1 unspecified atom stereocenters. The maximum absolute atomic E-state index is 12.5. The molecule has 1 N–H and O–H groups in total. The number of rotatable bonds is 6. The monoisotopic (exact) mass is 390 g/mol. The maximum Gasteiger partial charge on any atom is 0.350 e. The molecule has 0 bridgehead atoms. The van der Waals surface area contributed by atoms with Crippen LogP contribution in [0.25, 0.3) is 0 Å². The van der Waals surface area contributed by atoms with Gasteiger partial charge in [-0.05, 0) is 23.8 Å². The lowest BCUT2D eigenvalue weighted by Gasteiger charge is -2.28. The molecule has 9 heteroatoms. The first-order chi connectivity index (χ1) is 14.1. The van der Waals surface area contributed by atoms with Crippen molar-refractivity contribution < 1.29 is 14.4 Å². The molecule has 9 nitrogen and oxygen atoms in total. The van der Waals surface area contributed by atoms with Gasteiger partial charge >= 0.3 is 6.03 Å². The van der Waals surface area contributed by atoms with Gasteiger partial charge in [0.25, 0.3) is 0 Å². The summed E-state index contributed by atoms with van der Waals surface area (Å²) in [6.07, 6.45) is 9.92. The molecule has 1 aliphatic carbocycles. The molecule has 2 aliphatic rings. The molecule has 29 heavy (non-hydrogen) atoms. The molecule has 0 saturated heterocycles. The Bertz CT molecular complexity index is 1020. The quantitative estimate of drug-likeness (QED) is 0.809. The lowest BCUT2D eigenvalue weighted by Crippen LogP contribution is -2.46. The highest BCUT2D eigenvalue weighted by Crippen LogP contribution is 2.20. The van der Waals surface area contributed by atoms with Gasteiger partial charge < -0.3 is 5.32 Å². The number of carbonyl (C=O) groups is 3. The van der Waals surface area contributed by atoms with Crippen LogP contribution in [-0.4, -0.2) is 49.8 Å². The third-order valence-electron chi connectivity index (χ3n) is 4.60. The lowest BCUT2D eigenvalue weighted by atomic mass is 9.95. The fraction of sp³-hybridized carbons (Fsp3) is 0.200. The van der Waals surface area contributed by atoms with Crippen LogP contribution < -0.4 is 5.32 Å². The summed E-state index contributed by atoms with van der Waals surface area (Å²) in [6.45, 7) is 0.569. The summed E-state index contributed by atoms with van der Waals surface area (Å²) >= 11 is 0. The van der Waals surface area contributed by atoms with Crippen molar-refractivity contribution in [2.45, 2.75) is 13.0 Å². The number of hydrogen-bond donors (Lipinski definition) is 1. The second kappa shape index (κ2) is 8.01. The average Bonchev–Trinajstić information content (AvgIpc) is 3.22. The molecule has 2 aromatic rings. The smallest absolute Gasteiger partial charge is 0.326 e. The van der Waals surface area contributed by atoms with Crippen LogP contribution in [0.3, 0.4) is 0 Å². The Labute approximate surface area is 166 Å². The van der Waals surface area contributed by atoms with Crippen LogP contribution in [-0.2, 0) is 16.1 Å². The third kappa shape index (κ3) is 4.18. The van der Waals surface area contributed by atoms with Gasteiger partial charge in [0.05, 0.1) is 18.2 Å². The lowest BCUT2D eigenvalue weighted by molar-refractivity contribution is -0.129. The van der Waals surface area contributed by atoms with Gasteiger partial charge in [0.1, 0.15) is 12.7 Å². The predicted molar refractivity (Wildman–Crippen MR) is 105 cm³/mol. The van der Waals surface area contributed by atoms with Gasteiger partial charge in [0.15, 0.2) is 0 Å². The number of urea groups is 1. The van der Waals surface area contributed by atoms with Crippen molar-refractivity contribution in [1.82, 2.24) is 19.7 Å². The SMILES string of the molecule is O=C(CCN1C(=O)N=C2C=CC=CC2C1=O)Nc1ccc(Cn2cncn2)cc1. The molecule has 0 spiro atoms. The van der Waals surface area contributed by atoms with E-state index in [1.54, 1.807) is 47.4 Å². The van der Waals surface area contributed by atoms with Crippen molar-refractivity contribution in [2.24, 2.45) is 10.9 Å². The topological polar surface area (TPSA) is 110 Å². The molecule has 0 saturated carbocycles. The summed E-state index contributed by atoms with van der Waals surface area (Å²) in [5, 5.41) is 6.82. The minimum Gasteiger partial charge on any atom is -0.326 e. The second-order valence-electron chi connectivity index (χ2n) is 6.62. The normalized spacial score (nSPS) is 17.9. The van der Waals surface area contributed by atoms with Crippen molar-refractivity contribution in [3.05, 3.63) is 66.8 Å². The largest absolute Gasteiger partial charge is 0.350 e. The number of nitrogens with zero attached hydrogens (tertiary/aromatic N) is 5. The second-order valence-corrected chi connectivity index (χ2v) is 6.62. The van der Waals surface area contributed by atoms with Crippen molar-refractivity contribution in [3.63, 3.8) is 0 Å². The fourth-order valence-electron chi connectivity index (χ4n) is 3.12. The Morgan fingerprint density at radius 3 is 2.72 bits per heavy atom. The van der Waals surface area contributed by atoms with Gasteiger partial charge in [0, 0.05) is 18.7 Å². The van der Waals surface area contributed by atoms with Crippen LogP contribution in [0.1, 0.15) is 12.0 Å². The zero-order chi connectivity index (χ0) is 20.2. The minimum absolute atomic E-state index is 0.00465. The van der Waals surface area contributed by atoms with Crippen LogP contribution in [0.15, 0.2) is 66.2 Å². The number of imide groups is 1. The highest BCUT2D eigenvalue weighted by atomic mass is 16.2. The van der Waals surface area contributed by atoms with Crippen LogP contribution in [0.2, 0.25) is 0 Å². The predicted octanol–water partition coefficient (Wildman–Crippen LogP) is 1.80. The number of amides is 4. The Kier molecular flexibility index (Phi) is 5.10. The van der Waals surface area contributed by atoms with E-state index >= 15 is 0 Å². The zero-order valence-corrected chi connectivity index (χ0v) is 15.4. The van der Waals surface area contributed by atoms with E-state index in [-0.39, 0.29) is 24.8 Å². The first kappa shape index (κ1) is 18.5. The standard InChI is InChI=1S/C20H18N6O3/c27-18(23-15-7-5-14(6-8-15)11-25-13-21-12-22-25)9-10-26-19(28)16-3-1-2-4-17(16)24-20(26)29/h1-8,12-13,16H,9-11H2,(H,23,27). The zero-order valence-electron chi connectivity index (χ0n) is 15.4. The highest BCUT2D eigenvalue weighted by molar-refractivity contribution is 6.21. The molecule has 1 aliphatic heterocycles. The van der Waals surface area contributed by atoms with E-state index in [2.05, 4.69) is 20.4 Å². The molecule has 0 fully saturated rings. The van der Waals surface area contributed by atoms with Crippen LogP contribution >= 0.6 is 0 Å². The van der Waals surface area contributed by atoms with Crippen molar-refractivity contribution in [1.29, 1.82) is 0 Å². The summed E-state index contributed by atoms with van der Waals surface area (Å²) in [4.78, 5) is 45.7. The fourth-order valence-corrected chi connectivity index (χ4v) is 3.12. The summed E-state index contributed by atoms with van der Waals surface area (Å²) in [5.41, 5.74) is 2.09. The van der Waals surface area contributed by atoms with Crippen molar-refractivity contribution >= 4 is 29.2 Å². The first-order valence-electron chi connectivity index (χ1n) is 9.10. The van der Waals surface area contributed by atoms with Gasteiger partial charge in [-0.1, -0.05) is 30.4 Å². The van der Waals surface area contributed by atoms with Gasteiger partial charge in [-0.25, -0.2) is 14.5 Å². The van der Waals surface area contributed by atoms with Crippen molar-refractivity contribution in [3.8, 4) is 0 Å².